The molecule has 0 amide bonds. The number of aliphatic hydroxyl groups is 2. The average Bonchev–Trinajstić information content (AvgIpc) is 2.65. The molecule has 1 aromatic heterocycles. The number of ether oxygens (including phenoxy) is 1. The van der Waals surface area contributed by atoms with E-state index in [0.29, 0.717) is 0 Å². The fraction of sp³-hybridized carbons (Fsp3) is 0.600. The normalized spacial score (nSPS) is 32.9. The number of aliphatic hydroxyl groups excluding tert-OH is 2. The molecule has 4 atom stereocenters. The van der Waals surface area contributed by atoms with Crippen LogP contribution >= 0.6 is 0 Å². The van der Waals surface area contributed by atoms with E-state index in [-0.39, 0.29) is 5.82 Å². The average molecular weight is 282 g/mol. The van der Waals surface area contributed by atoms with Crippen LogP contribution in [0.25, 0.3) is 10.4 Å². The molecule has 10 nitrogen and oxygen atoms in total. The number of hydrogen-bond acceptors (Lipinski definition) is 7. The molecule has 0 spiro atoms. The molecule has 2 heterocycles. The second-order valence-corrected chi connectivity index (χ2v) is 4.55. The summed E-state index contributed by atoms with van der Waals surface area (Å²) in [6, 6.07) is 1.40. The maximum absolute atomic E-state index is 11.8. The molecule has 0 bridgehead atoms. The van der Waals surface area contributed by atoms with Gasteiger partial charge in [0.05, 0.1) is 12.7 Å². The van der Waals surface area contributed by atoms with E-state index < -0.39 is 36.3 Å². The fourth-order valence-electron chi connectivity index (χ4n) is 2.20. The molecular weight excluding hydrogens is 268 g/mol. The van der Waals surface area contributed by atoms with Gasteiger partial charge in [0.1, 0.15) is 12.0 Å². The first-order valence-electron chi connectivity index (χ1n) is 5.83. The summed E-state index contributed by atoms with van der Waals surface area (Å²) in [5, 5.41) is 22.8. The highest BCUT2D eigenvalue weighted by molar-refractivity contribution is 5.23. The van der Waals surface area contributed by atoms with Gasteiger partial charge in [-0.3, -0.25) is 4.57 Å². The molecule has 1 aromatic rings. The lowest BCUT2D eigenvalue weighted by atomic mass is 9.98. The van der Waals surface area contributed by atoms with Gasteiger partial charge < -0.3 is 20.7 Å². The van der Waals surface area contributed by atoms with E-state index in [2.05, 4.69) is 15.0 Å². The molecule has 0 saturated carbocycles. The van der Waals surface area contributed by atoms with Crippen molar-refractivity contribution in [3.05, 3.63) is 33.2 Å². The number of nitrogen functional groups attached to an aromatic ring is 1. The molecular formula is C10H14N6O4. The number of aromatic nitrogens is 2. The van der Waals surface area contributed by atoms with Crippen molar-refractivity contribution >= 4 is 5.82 Å². The van der Waals surface area contributed by atoms with E-state index in [1.165, 1.54) is 12.3 Å². The van der Waals surface area contributed by atoms with Crippen molar-refractivity contribution in [3.8, 4) is 0 Å². The highest BCUT2D eigenvalue weighted by Crippen LogP contribution is 2.41. The summed E-state index contributed by atoms with van der Waals surface area (Å²) >= 11 is 0. The minimum Gasteiger partial charge on any atom is -0.393 e. The Balaban J connectivity index is 2.45. The molecule has 0 unspecified atom stereocenters. The van der Waals surface area contributed by atoms with Gasteiger partial charge in [-0.15, -0.1) is 0 Å². The molecule has 4 N–H and O–H groups in total. The van der Waals surface area contributed by atoms with Crippen LogP contribution in [0.5, 0.6) is 0 Å². The first-order chi connectivity index (χ1) is 9.45. The molecule has 2 rings (SSSR count). The Labute approximate surface area is 113 Å². The van der Waals surface area contributed by atoms with E-state index >= 15 is 0 Å². The minimum absolute atomic E-state index is 0.0564. The number of azide groups is 1. The van der Waals surface area contributed by atoms with Gasteiger partial charge in [0.2, 0.25) is 0 Å². The molecule has 1 aliphatic rings. The van der Waals surface area contributed by atoms with E-state index in [4.69, 9.17) is 16.0 Å². The molecule has 1 aliphatic heterocycles. The number of hydrogen-bond donors (Lipinski definition) is 3. The second-order valence-electron chi connectivity index (χ2n) is 4.55. The summed E-state index contributed by atoms with van der Waals surface area (Å²) in [6.07, 6.45) is -0.830. The fourth-order valence-corrected chi connectivity index (χ4v) is 2.20. The Hall–Kier alpha value is -2.13. The van der Waals surface area contributed by atoms with Crippen LogP contribution in [0.2, 0.25) is 0 Å². The lowest BCUT2D eigenvalue weighted by molar-refractivity contribution is -0.124. The molecule has 1 saturated heterocycles. The van der Waals surface area contributed by atoms with Crippen LogP contribution < -0.4 is 11.4 Å². The number of anilines is 1. The molecule has 0 radical (unpaired) electrons. The molecule has 1 fully saturated rings. The summed E-state index contributed by atoms with van der Waals surface area (Å²) < 4.78 is 6.55. The third-order valence-corrected chi connectivity index (χ3v) is 3.30. The molecule has 0 aromatic carbocycles. The lowest BCUT2D eigenvalue weighted by Crippen LogP contribution is -2.42. The standard InChI is InChI=1S/C10H14N6O4/c1-5-7(18)10(4-17,14-15-12)20-8(5)16-3-2-6(11)13-9(16)19/h2-3,5,7-8,17-18H,4H2,1H3,(H2,11,13,19)/t5-,7+,8-,10-/m1/s1. The van der Waals surface area contributed by atoms with Crippen molar-refractivity contribution in [1.29, 1.82) is 0 Å². The predicted octanol–water partition coefficient (Wildman–Crippen LogP) is -0.650. The van der Waals surface area contributed by atoms with Gasteiger partial charge in [0, 0.05) is 17.0 Å². The smallest absolute Gasteiger partial charge is 0.351 e. The van der Waals surface area contributed by atoms with Crippen molar-refractivity contribution in [2.45, 2.75) is 25.0 Å². The van der Waals surface area contributed by atoms with Crippen LogP contribution in [0.3, 0.4) is 0 Å². The van der Waals surface area contributed by atoms with Gasteiger partial charge in [-0.1, -0.05) is 12.0 Å². The van der Waals surface area contributed by atoms with Crippen LogP contribution in [0.15, 0.2) is 22.2 Å². The second kappa shape index (κ2) is 5.10. The summed E-state index contributed by atoms with van der Waals surface area (Å²) in [4.78, 5) is 17.9. The first-order valence-corrected chi connectivity index (χ1v) is 5.83. The molecule has 20 heavy (non-hydrogen) atoms. The topological polar surface area (TPSA) is 159 Å². The Morgan fingerprint density at radius 1 is 1.75 bits per heavy atom. The van der Waals surface area contributed by atoms with Gasteiger partial charge >= 0.3 is 5.69 Å². The van der Waals surface area contributed by atoms with Crippen molar-refractivity contribution in [2.75, 3.05) is 12.3 Å². The van der Waals surface area contributed by atoms with E-state index in [1.807, 2.05) is 0 Å². The predicted molar refractivity (Wildman–Crippen MR) is 67.2 cm³/mol. The van der Waals surface area contributed by atoms with E-state index in [1.54, 1.807) is 6.92 Å². The number of nitrogens with zero attached hydrogens (tertiary/aromatic N) is 5. The van der Waals surface area contributed by atoms with Gasteiger partial charge in [0.25, 0.3) is 0 Å². The maximum atomic E-state index is 11.8. The monoisotopic (exact) mass is 282 g/mol. The van der Waals surface area contributed by atoms with Gasteiger partial charge in [-0.2, -0.15) is 4.98 Å². The zero-order valence-corrected chi connectivity index (χ0v) is 10.6. The zero-order chi connectivity index (χ0) is 14.9. The van der Waals surface area contributed by atoms with Gasteiger partial charge in [-0.25, -0.2) is 4.79 Å². The van der Waals surface area contributed by atoms with E-state index in [0.717, 1.165) is 4.57 Å². The molecule has 0 aliphatic carbocycles. The minimum atomic E-state index is -1.82. The van der Waals surface area contributed by atoms with Gasteiger partial charge in [-0.05, 0) is 11.6 Å². The number of nitrogens with two attached hydrogens (primary N) is 1. The largest absolute Gasteiger partial charge is 0.393 e. The summed E-state index contributed by atoms with van der Waals surface area (Å²) in [5.41, 5.74) is 11.4. The molecule has 10 heteroatoms. The quantitative estimate of drug-likeness (QED) is 0.379. The Bertz CT molecular complexity index is 612. The summed E-state index contributed by atoms with van der Waals surface area (Å²) in [5.74, 6) is -0.545. The van der Waals surface area contributed by atoms with Crippen molar-refractivity contribution < 1.29 is 14.9 Å². The summed E-state index contributed by atoms with van der Waals surface area (Å²) in [6.45, 7) is 0.888. The van der Waals surface area contributed by atoms with Crippen LogP contribution in [-0.2, 0) is 4.74 Å². The van der Waals surface area contributed by atoms with Crippen LogP contribution in [0, 0.1) is 5.92 Å². The zero-order valence-electron chi connectivity index (χ0n) is 10.6. The highest BCUT2D eigenvalue weighted by Gasteiger charge is 2.53. The van der Waals surface area contributed by atoms with Crippen LogP contribution in [0.1, 0.15) is 13.2 Å². The van der Waals surface area contributed by atoms with Crippen LogP contribution in [0.4, 0.5) is 5.82 Å². The maximum Gasteiger partial charge on any atom is 0.351 e. The highest BCUT2D eigenvalue weighted by atomic mass is 16.6. The third kappa shape index (κ3) is 2.10. The van der Waals surface area contributed by atoms with Crippen molar-refractivity contribution in [2.24, 2.45) is 11.0 Å². The van der Waals surface area contributed by atoms with Gasteiger partial charge in [0.15, 0.2) is 5.72 Å². The summed E-state index contributed by atoms with van der Waals surface area (Å²) in [7, 11) is 0. The van der Waals surface area contributed by atoms with Crippen molar-refractivity contribution in [3.63, 3.8) is 0 Å². The first kappa shape index (κ1) is 14.3. The van der Waals surface area contributed by atoms with Crippen molar-refractivity contribution in [1.82, 2.24) is 9.55 Å². The van der Waals surface area contributed by atoms with Crippen LogP contribution in [-0.4, -0.2) is 38.2 Å². The van der Waals surface area contributed by atoms with E-state index in [9.17, 15) is 15.0 Å². The Morgan fingerprint density at radius 3 is 3.00 bits per heavy atom. The SMILES string of the molecule is C[C@H]1[C@H](n2ccc(N)nc2=O)O[C@@](CO)(N=[N+]=[N-])[C@H]1O. The molecule has 108 valence electrons. The Morgan fingerprint density at radius 2 is 2.45 bits per heavy atom. The lowest BCUT2D eigenvalue weighted by Gasteiger charge is -2.24. The number of rotatable bonds is 3. The Kier molecular flexibility index (Phi) is 3.64. The third-order valence-electron chi connectivity index (χ3n) is 3.30.